The van der Waals surface area contributed by atoms with Crippen molar-refractivity contribution < 1.29 is 9.13 Å². The summed E-state index contributed by atoms with van der Waals surface area (Å²) < 4.78 is 18.8. The molecule has 0 atom stereocenters. The van der Waals surface area contributed by atoms with E-state index < -0.39 is 5.82 Å². The molecule has 106 valence electrons. The third kappa shape index (κ3) is 2.94. The molecule has 3 aromatic rings. The van der Waals surface area contributed by atoms with Gasteiger partial charge in [0.05, 0.1) is 16.6 Å². The van der Waals surface area contributed by atoms with Gasteiger partial charge in [0, 0.05) is 5.39 Å². The van der Waals surface area contributed by atoms with Gasteiger partial charge in [-0.3, -0.25) is 0 Å². The summed E-state index contributed by atoms with van der Waals surface area (Å²) in [4.78, 5) is 4.37. The number of hydrogen-bond donors (Lipinski definition) is 0. The van der Waals surface area contributed by atoms with E-state index in [2.05, 4.69) is 4.98 Å². The van der Waals surface area contributed by atoms with Crippen LogP contribution in [0.15, 0.2) is 48.5 Å². The molecule has 2 aromatic carbocycles. The van der Waals surface area contributed by atoms with Crippen LogP contribution in [0.3, 0.4) is 0 Å². The minimum absolute atomic E-state index is 0.192. The van der Waals surface area contributed by atoms with Gasteiger partial charge in [0.2, 0.25) is 5.88 Å². The van der Waals surface area contributed by atoms with Crippen molar-refractivity contribution in [1.82, 2.24) is 4.98 Å². The average Bonchev–Trinajstić information content (AvgIpc) is 2.49. The van der Waals surface area contributed by atoms with Crippen LogP contribution in [0.2, 0.25) is 5.02 Å². The summed E-state index contributed by atoms with van der Waals surface area (Å²) in [5.41, 5.74) is 0.698. The van der Waals surface area contributed by atoms with Gasteiger partial charge in [-0.05, 0) is 35.7 Å². The van der Waals surface area contributed by atoms with Crippen molar-refractivity contribution in [3.63, 3.8) is 0 Å². The van der Waals surface area contributed by atoms with E-state index in [9.17, 15) is 4.39 Å². The molecule has 0 aliphatic rings. The minimum atomic E-state index is -0.417. The maximum atomic E-state index is 13.1. The molecule has 0 amide bonds. The lowest BCUT2D eigenvalue weighted by atomic mass is 10.1. The third-order valence-electron chi connectivity index (χ3n) is 3.00. The van der Waals surface area contributed by atoms with Crippen molar-refractivity contribution in [2.24, 2.45) is 0 Å². The van der Waals surface area contributed by atoms with Crippen molar-refractivity contribution in [2.45, 2.75) is 5.88 Å². The van der Waals surface area contributed by atoms with Crippen LogP contribution < -0.4 is 4.74 Å². The van der Waals surface area contributed by atoms with E-state index in [0.717, 1.165) is 10.8 Å². The van der Waals surface area contributed by atoms with E-state index >= 15 is 0 Å². The number of pyridine rings is 1. The van der Waals surface area contributed by atoms with Crippen LogP contribution in [0.1, 0.15) is 5.69 Å². The molecule has 0 radical (unpaired) electrons. The summed E-state index contributed by atoms with van der Waals surface area (Å²) in [7, 11) is 0. The number of halogens is 3. The number of rotatable bonds is 3. The van der Waals surface area contributed by atoms with E-state index in [1.54, 1.807) is 0 Å². The molecule has 0 saturated carbocycles. The van der Waals surface area contributed by atoms with Crippen molar-refractivity contribution in [1.29, 1.82) is 0 Å². The zero-order chi connectivity index (χ0) is 14.8. The topological polar surface area (TPSA) is 22.1 Å². The largest absolute Gasteiger partial charge is 0.437 e. The summed E-state index contributed by atoms with van der Waals surface area (Å²) in [5.74, 6) is 0.609. The molecular formula is C16H10Cl2FNO. The number of aromatic nitrogens is 1. The first-order chi connectivity index (χ1) is 10.2. The number of nitrogens with zero attached hydrogens (tertiary/aromatic N) is 1. The highest BCUT2D eigenvalue weighted by Gasteiger charge is 2.10. The number of benzene rings is 2. The quantitative estimate of drug-likeness (QED) is 0.589. The molecular weight excluding hydrogens is 312 g/mol. The number of fused-ring (bicyclic) bond motifs is 1. The fourth-order valence-corrected chi connectivity index (χ4v) is 2.37. The normalized spacial score (nSPS) is 10.8. The maximum absolute atomic E-state index is 13.1. The number of alkyl halides is 1. The van der Waals surface area contributed by atoms with Crippen LogP contribution in [-0.2, 0) is 5.88 Å². The predicted molar refractivity (Wildman–Crippen MR) is 82.8 cm³/mol. The second-order valence-electron chi connectivity index (χ2n) is 4.45. The first kappa shape index (κ1) is 14.1. The molecule has 21 heavy (non-hydrogen) atoms. The predicted octanol–water partition coefficient (Wildman–Crippen LogP) is 5.56. The first-order valence-corrected chi connectivity index (χ1v) is 7.16. The second-order valence-corrected chi connectivity index (χ2v) is 5.12. The van der Waals surface area contributed by atoms with Crippen LogP contribution in [-0.4, -0.2) is 4.98 Å². The summed E-state index contributed by atoms with van der Waals surface area (Å²) in [6, 6.07) is 13.5. The minimum Gasteiger partial charge on any atom is -0.437 e. The zero-order valence-corrected chi connectivity index (χ0v) is 12.3. The van der Waals surface area contributed by atoms with Gasteiger partial charge in [-0.1, -0.05) is 29.8 Å². The fraction of sp³-hybridized carbons (Fsp3) is 0.0625. The molecule has 0 spiro atoms. The molecule has 5 heteroatoms. The molecule has 0 saturated heterocycles. The Kier molecular flexibility index (Phi) is 3.95. The first-order valence-electron chi connectivity index (χ1n) is 6.25. The molecule has 2 nitrogen and oxygen atoms in total. The van der Waals surface area contributed by atoms with Gasteiger partial charge in [0.1, 0.15) is 11.6 Å². The molecule has 0 fully saturated rings. The molecule has 0 N–H and O–H groups in total. The van der Waals surface area contributed by atoms with Crippen molar-refractivity contribution in [2.75, 3.05) is 0 Å². The van der Waals surface area contributed by atoms with Gasteiger partial charge in [0.15, 0.2) is 0 Å². The van der Waals surface area contributed by atoms with Crippen molar-refractivity contribution in [3.8, 4) is 11.6 Å². The van der Waals surface area contributed by atoms with Crippen LogP contribution in [0.5, 0.6) is 11.6 Å². The Morgan fingerprint density at radius 3 is 2.67 bits per heavy atom. The fourth-order valence-electron chi connectivity index (χ4n) is 2.03. The number of ether oxygens (including phenoxy) is 1. The average molecular weight is 322 g/mol. The van der Waals surface area contributed by atoms with Crippen LogP contribution in [0.25, 0.3) is 10.8 Å². The smallest absolute Gasteiger partial charge is 0.227 e. The highest BCUT2D eigenvalue weighted by Crippen LogP contribution is 2.33. The molecule has 0 aliphatic carbocycles. The summed E-state index contributed by atoms with van der Waals surface area (Å²) in [5, 5.41) is 2.00. The third-order valence-corrected chi connectivity index (χ3v) is 3.57. The van der Waals surface area contributed by atoms with Crippen LogP contribution in [0.4, 0.5) is 4.39 Å². The summed E-state index contributed by atoms with van der Waals surface area (Å²) in [6.07, 6.45) is 0. The lowest BCUT2D eigenvalue weighted by molar-refractivity contribution is 0.466. The highest BCUT2D eigenvalue weighted by molar-refractivity contribution is 6.32. The van der Waals surface area contributed by atoms with Gasteiger partial charge in [-0.15, -0.1) is 11.6 Å². The SMILES string of the molecule is Fc1ccc(Oc2nc(CCl)cc3ccccc23)c(Cl)c1. The zero-order valence-electron chi connectivity index (χ0n) is 10.8. The molecule has 0 bridgehead atoms. The van der Waals surface area contributed by atoms with E-state index in [0.29, 0.717) is 17.3 Å². The Balaban J connectivity index is 2.10. The van der Waals surface area contributed by atoms with Gasteiger partial charge < -0.3 is 4.74 Å². The molecule has 3 rings (SSSR count). The Labute approximate surface area is 131 Å². The lowest BCUT2D eigenvalue weighted by Crippen LogP contribution is -1.94. The number of hydrogen-bond acceptors (Lipinski definition) is 2. The summed E-state index contributed by atoms with van der Waals surface area (Å²) in [6.45, 7) is 0. The van der Waals surface area contributed by atoms with E-state index in [4.69, 9.17) is 27.9 Å². The summed E-state index contributed by atoms with van der Waals surface area (Å²) >= 11 is 11.8. The second kappa shape index (κ2) is 5.88. The van der Waals surface area contributed by atoms with Gasteiger partial charge in [-0.2, -0.15) is 0 Å². The standard InChI is InChI=1S/C16H10Cl2FNO/c17-9-12-7-10-3-1-2-4-13(10)16(20-12)21-15-6-5-11(19)8-14(15)18/h1-8H,9H2. The van der Waals surface area contributed by atoms with Gasteiger partial charge >= 0.3 is 0 Å². The Hall–Kier alpha value is -1.84. The lowest BCUT2D eigenvalue weighted by Gasteiger charge is -2.10. The van der Waals surface area contributed by atoms with E-state index in [1.807, 2.05) is 30.3 Å². The van der Waals surface area contributed by atoms with Crippen LogP contribution in [0, 0.1) is 5.82 Å². The van der Waals surface area contributed by atoms with Gasteiger partial charge in [0.25, 0.3) is 0 Å². The monoisotopic (exact) mass is 321 g/mol. The van der Waals surface area contributed by atoms with E-state index in [-0.39, 0.29) is 10.9 Å². The molecule has 0 unspecified atom stereocenters. The maximum Gasteiger partial charge on any atom is 0.227 e. The van der Waals surface area contributed by atoms with Gasteiger partial charge in [-0.25, -0.2) is 9.37 Å². The van der Waals surface area contributed by atoms with Crippen molar-refractivity contribution in [3.05, 3.63) is 65.1 Å². The van der Waals surface area contributed by atoms with Crippen molar-refractivity contribution >= 4 is 34.0 Å². The van der Waals surface area contributed by atoms with Crippen LogP contribution >= 0.6 is 23.2 Å². The van der Waals surface area contributed by atoms with E-state index in [1.165, 1.54) is 18.2 Å². The Bertz CT molecular complexity index is 807. The molecule has 1 aromatic heterocycles. The molecule has 0 aliphatic heterocycles. The highest BCUT2D eigenvalue weighted by atomic mass is 35.5. The Morgan fingerprint density at radius 2 is 1.90 bits per heavy atom. The Morgan fingerprint density at radius 1 is 1.10 bits per heavy atom. The molecule has 1 heterocycles.